The van der Waals surface area contributed by atoms with Crippen LogP contribution in [-0.4, -0.2) is 96.6 Å². The quantitative estimate of drug-likeness (QED) is 0.553. The Labute approximate surface area is 202 Å². The van der Waals surface area contributed by atoms with E-state index in [9.17, 15) is 0 Å². The number of fused-ring (bicyclic) bond motifs is 3. The SMILES string of the molecule is CC(C)CN(CCN1CCN(CCCN2CCc3c([nH]c4ccccc34)C2)CC1)CC(C)C. The van der Waals surface area contributed by atoms with Crippen LogP contribution in [0, 0.1) is 11.8 Å². The van der Waals surface area contributed by atoms with Crippen molar-refractivity contribution in [1.29, 1.82) is 0 Å². The van der Waals surface area contributed by atoms with Gasteiger partial charge in [0.05, 0.1) is 0 Å². The Balaban J connectivity index is 1.13. The monoisotopic (exact) mass is 453 g/mol. The van der Waals surface area contributed by atoms with Crippen LogP contribution in [0.1, 0.15) is 45.4 Å². The third-order valence-electron chi connectivity index (χ3n) is 7.35. The first kappa shape index (κ1) is 24.7. The van der Waals surface area contributed by atoms with Crippen LogP contribution in [0.4, 0.5) is 0 Å². The first-order valence-electron chi connectivity index (χ1n) is 13.5. The summed E-state index contributed by atoms with van der Waals surface area (Å²) in [5, 5.41) is 1.43. The predicted octanol–water partition coefficient (Wildman–Crippen LogP) is 4.15. The molecule has 1 fully saturated rings. The second-order valence-corrected chi connectivity index (χ2v) is 11.2. The molecule has 2 aliphatic heterocycles. The molecule has 0 amide bonds. The molecule has 0 aliphatic carbocycles. The fraction of sp³-hybridized carbons (Fsp3) is 0.714. The molecule has 5 nitrogen and oxygen atoms in total. The van der Waals surface area contributed by atoms with Gasteiger partial charge in [-0.25, -0.2) is 0 Å². The molecule has 1 aromatic carbocycles. The number of aromatic nitrogens is 1. The Kier molecular flexibility index (Phi) is 8.86. The predicted molar refractivity (Wildman–Crippen MR) is 141 cm³/mol. The number of piperazine rings is 1. The molecule has 184 valence electrons. The lowest BCUT2D eigenvalue weighted by atomic mass is 10.0. The summed E-state index contributed by atoms with van der Waals surface area (Å²) in [7, 11) is 0. The van der Waals surface area contributed by atoms with Crippen LogP contribution in [-0.2, 0) is 13.0 Å². The van der Waals surface area contributed by atoms with Crippen molar-refractivity contribution in [3.05, 3.63) is 35.5 Å². The summed E-state index contributed by atoms with van der Waals surface area (Å²) in [4.78, 5) is 14.4. The van der Waals surface area contributed by atoms with Crippen molar-refractivity contribution >= 4 is 10.9 Å². The summed E-state index contributed by atoms with van der Waals surface area (Å²) in [5.41, 5.74) is 4.30. The second kappa shape index (κ2) is 11.8. The van der Waals surface area contributed by atoms with Gasteiger partial charge in [0, 0.05) is 82.0 Å². The number of hydrogen-bond donors (Lipinski definition) is 1. The van der Waals surface area contributed by atoms with Gasteiger partial charge < -0.3 is 14.8 Å². The van der Waals surface area contributed by atoms with E-state index in [-0.39, 0.29) is 0 Å². The van der Waals surface area contributed by atoms with Crippen LogP contribution in [0.3, 0.4) is 0 Å². The lowest BCUT2D eigenvalue weighted by Gasteiger charge is -2.36. The maximum absolute atomic E-state index is 3.67. The number of nitrogens with zero attached hydrogens (tertiary/aromatic N) is 4. The van der Waals surface area contributed by atoms with Crippen molar-refractivity contribution in [3.63, 3.8) is 0 Å². The molecule has 0 bridgehead atoms. The zero-order valence-corrected chi connectivity index (χ0v) is 21.7. The van der Waals surface area contributed by atoms with Crippen molar-refractivity contribution in [1.82, 2.24) is 24.6 Å². The number of nitrogens with one attached hydrogen (secondary N) is 1. The molecule has 33 heavy (non-hydrogen) atoms. The van der Waals surface area contributed by atoms with Crippen molar-refractivity contribution in [2.75, 3.05) is 72.0 Å². The van der Waals surface area contributed by atoms with E-state index < -0.39 is 0 Å². The summed E-state index contributed by atoms with van der Waals surface area (Å²) in [6.45, 7) is 24.0. The minimum atomic E-state index is 0.753. The molecular weight excluding hydrogens is 406 g/mol. The molecule has 2 aromatic rings. The van der Waals surface area contributed by atoms with Crippen molar-refractivity contribution < 1.29 is 0 Å². The third-order valence-corrected chi connectivity index (χ3v) is 7.35. The molecule has 1 N–H and O–H groups in total. The van der Waals surface area contributed by atoms with E-state index in [4.69, 9.17) is 0 Å². The summed E-state index contributed by atoms with van der Waals surface area (Å²) < 4.78 is 0. The van der Waals surface area contributed by atoms with E-state index in [1.54, 1.807) is 5.56 Å². The standard InChI is InChI=1S/C28H47N5/c1-23(2)20-33(21-24(3)4)19-18-31-16-14-30(15-17-31)11-7-12-32-13-10-26-25-8-5-6-9-27(25)29-28(26)22-32/h5-6,8-9,23-24,29H,7,10-22H2,1-4H3. The second-order valence-electron chi connectivity index (χ2n) is 11.2. The van der Waals surface area contributed by atoms with E-state index in [0.717, 1.165) is 18.4 Å². The number of aromatic amines is 1. The average molecular weight is 454 g/mol. The largest absolute Gasteiger partial charge is 0.357 e. The first-order valence-corrected chi connectivity index (χ1v) is 13.5. The minimum absolute atomic E-state index is 0.753. The lowest BCUT2D eigenvalue weighted by molar-refractivity contribution is 0.108. The molecule has 1 aromatic heterocycles. The lowest BCUT2D eigenvalue weighted by Crippen LogP contribution is -2.49. The molecule has 0 atom stereocenters. The fourth-order valence-corrected chi connectivity index (χ4v) is 5.77. The van der Waals surface area contributed by atoms with Crippen LogP contribution in [0.5, 0.6) is 0 Å². The Morgan fingerprint density at radius 3 is 2.15 bits per heavy atom. The van der Waals surface area contributed by atoms with E-state index in [1.165, 1.54) is 101 Å². The van der Waals surface area contributed by atoms with Gasteiger partial charge in [-0.1, -0.05) is 45.9 Å². The number of para-hydroxylation sites is 1. The fourth-order valence-electron chi connectivity index (χ4n) is 5.77. The van der Waals surface area contributed by atoms with E-state index in [2.05, 4.69) is 76.5 Å². The Hall–Kier alpha value is -1.40. The van der Waals surface area contributed by atoms with Gasteiger partial charge in [0.2, 0.25) is 0 Å². The minimum Gasteiger partial charge on any atom is -0.357 e. The van der Waals surface area contributed by atoms with Crippen molar-refractivity contribution in [2.24, 2.45) is 11.8 Å². The molecule has 2 aliphatic rings. The van der Waals surface area contributed by atoms with Crippen molar-refractivity contribution in [2.45, 2.75) is 47.1 Å². The third kappa shape index (κ3) is 7.05. The van der Waals surface area contributed by atoms with E-state index >= 15 is 0 Å². The van der Waals surface area contributed by atoms with E-state index in [0.29, 0.717) is 0 Å². The highest BCUT2D eigenvalue weighted by molar-refractivity contribution is 5.84. The summed E-state index contributed by atoms with van der Waals surface area (Å²) in [5.74, 6) is 1.51. The number of H-pyrrole nitrogens is 1. The van der Waals surface area contributed by atoms with Gasteiger partial charge in [-0.3, -0.25) is 9.80 Å². The maximum atomic E-state index is 3.67. The van der Waals surface area contributed by atoms with Crippen LogP contribution < -0.4 is 0 Å². The number of rotatable bonds is 11. The average Bonchev–Trinajstić information content (AvgIpc) is 3.15. The van der Waals surface area contributed by atoms with Gasteiger partial charge in [-0.2, -0.15) is 0 Å². The highest BCUT2D eigenvalue weighted by atomic mass is 15.3. The van der Waals surface area contributed by atoms with Crippen molar-refractivity contribution in [3.8, 4) is 0 Å². The Bertz CT molecular complexity index is 839. The van der Waals surface area contributed by atoms with Gasteiger partial charge in [-0.15, -0.1) is 0 Å². The zero-order chi connectivity index (χ0) is 23.2. The molecule has 5 heteroatoms. The topological polar surface area (TPSA) is 28.8 Å². The molecule has 4 rings (SSSR count). The zero-order valence-electron chi connectivity index (χ0n) is 21.7. The Morgan fingerprint density at radius 1 is 0.818 bits per heavy atom. The summed E-state index contributed by atoms with van der Waals surface area (Å²) >= 11 is 0. The van der Waals surface area contributed by atoms with Crippen LogP contribution in [0.15, 0.2) is 24.3 Å². The van der Waals surface area contributed by atoms with Gasteiger partial charge >= 0.3 is 0 Å². The molecule has 0 spiro atoms. The van der Waals surface area contributed by atoms with Crippen LogP contribution >= 0.6 is 0 Å². The molecule has 0 unspecified atom stereocenters. The molecule has 0 radical (unpaired) electrons. The molecule has 3 heterocycles. The van der Waals surface area contributed by atoms with Gasteiger partial charge in [0.15, 0.2) is 0 Å². The summed E-state index contributed by atoms with van der Waals surface area (Å²) in [6.07, 6.45) is 2.47. The molecule has 0 saturated carbocycles. The maximum Gasteiger partial charge on any atom is 0.0459 e. The van der Waals surface area contributed by atoms with Crippen LogP contribution in [0.25, 0.3) is 10.9 Å². The smallest absolute Gasteiger partial charge is 0.0459 e. The number of hydrogen-bond acceptors (Lipinski definition) is 4. The normalized spacial score (nSPS) is 18.8. The number of benzene rings is 1. The van der Waals surface area contributed by atoms with Gasteiger partial charge in [0.25, 0.3) is 0 Å². The highest BCUT2D eigenvalue weighted by Gasteiger charge is 2.21. The van der Waals surface area contributed by atoms with Crippen LogP contribution in [0.2, 0.25) is 0 Å². The van der Waals surface area contributed by atoms with Gasteiger partial charge in [0.1, 0.15) is 0 Å². The first-order chi connectivity index (χ1) is 16.0. The molecule has 1 saturated heterocycles. The van der Waals surface area contributed by atoms with Gasteiger partial charge in [-0.05, 0) is 49.4 Å². The van der Waals surface area contributed by atoms with E-state index in [1.807, 2.05) is 0 Å². The highest BCUT2D eigenvalue weighted by Crippen LogP contribution is 2.27. The molecular formula is C28H47N5. The summed E-state index contributed by atoms with van der Waals surface area (Å²) in [6, 6.07) is 8.78. The Morgan fingerprint density at radius 2 is 1.45 bits per heavy atom.